The van der Waals surface area contributed by atoms with E-state index in [4.69, 9.17) is 5.73 Å². The molecule has 21 heavy (non-hydrogen) atoms. The third kappa shape index (κ3) is 3.27. The first-order valence-corrected chi connectivity index (χ1v) is 7.78. The number of hydrogen-bond donors (Lipinski definition) is 2. The number of nitrogens with two attached hydrogens (primary N) is 1. The second-order valence-electron chi connectivity index (χ2n) is 6.09. The van der Waals surface area contributed by atoms with Crippen molar-refractivity contribution in [1.82, 2.24) is 9.88 Å². The van der Waals surface area contributed by atoms with Gasteiger partial charge < -0.3 is 16.0 Å². The van der Waals surface area contributed by atoms with E-state index in [-0.39, 0.29) is 0 Å². The molecule has 0 radical (unpaired) electrons. The molecule has 1 aromatic carbocycles. The minimum atomic E-state index is 0.813. The van der Waals surface area contributed by atoms with Gasteiger partial charge in [0.25, 0.3) is 0 Å². The Labute approximate surface area is 126 Å². The van der Waals surface area contributed by atoms with Crippen molar-refractivity contribution in [2.45, 2.75) is 19.3 Å². The molecule has 1 aromatic heterocycles. The van der Waals surface area contributed by atoms with Crippen molar-refractivity contribution in [3.8, 4) is 0 Å². The number of rotatable bonds is 4. The minimum absolute atomic E-state index is 0.813. The molecule has 0 atom stereocenters. The Morgan fingerprint density at radius 2 is 2.05 bits per heavy atom. The van der Waals surface area contributed by atoms with Crippen LogP contribution in [-0.4, -0.2) is 36.6 Å². The summed E-state index contributed by atoms with van der Waals surface area (Å²) in [5.41, 5.74) is 7.98. The highest BCUT2D eigenvalue weighted by Gasteiger charge is 2.16. The lowest BCUT2D eigenvalue weighted by Crippen LogP contribution is -2.30. The largest absolute Gasteiger partial charge is 0.398 e. The lowest BCUT2D eigenvalue weighted by atomic mass is 9.94. The maximum absolute atomic E-state index is 6.02. The van der Waals surface area contributed by atoms with Gasteiger partial charge in [0, 0.05) is 41.1 Å². The van der Waals surface area contributed by atoms with Gasteiger partial charge in [0.15, 0.2) is 0 Å². The molecule has 1 aliphatic rings. The Bertz CT molecular complexity index is 603. The van der Waals surface area contributed by atoms with Crippen LogP contribution < -0.4 is 11.1 Å². The number of nitrogens with zero attached hydrogens (tertiary/aromatic N) is 2. The molecule has 1 aliphatic heterocycles. The molecule has 2 heterocycles. The molecule has 0 aliphatic carbocycles. The molecular weight excluding hydrogens is 260 g/mol. The molecule has 3 rings (SSSR count). The fraction of sp³-hybridized carbons (Fsp3) is 0.471. The molecule has 3 N–H and O–H groups in total. The van der Waals surface area contributed by atoms with Gasteiger partial charge in [-0.1, -0.05) is 0 Å². The van der Waals surface area contributed by atoms with Crippen LogP contribution in [0.1, 0.15) is 19.3 Å². The zero-order valence-electron chi connectivity index (χ0n) is 12.7. The Kier molecular flexibility index (Phi) is 4.25. The fourth-order valence-corrected chi connectivity index (χ4v) is 3.13. The van der Waals surface area contributed by atoms with Crippen LogP contribution in [0, 0.1) is 5.92 Å². The molecule has 0 amide bonds. The highest BCUT2D eigenvalue weighted by atomic mass is 15.1. The van der Waals surface area contributed by atoms with Gasteiger partial charge in [0.05, 0.1) is 0 Å². The van der Waals surface area contributed by atoms with E-state index < -0.39 is 0 Å². The summed E-state index contributed by atoms with van der Waals surface area (Å²) in [6.07, 6.45) is 7.56. The topological polar surface area (TPSA) is 54.2 Å². The number of benzene rings is 1. The molecule has 112 valence electrons. The minimum Gasteiger partial charge on any atom is -0.398 e. The number of nitrogens with one attached hydrogen (secondary N) is 1. The molecule has 1 fully saturated rings. The van der Waals surface area contributed by atoms with Gasteiger partial charge in [-0.15, -0.1) is 0 Å². The predicted molar refractivity (Wildman–Crippen MR) is 89.5 cm³/mol. The zero-order valence-corrected chi connectivity index (χ0v) is 12.7. The Morgan fingerprint density at radius 3 is 2.86 bits per heavy atom. The number of nitrogen functional groups attached to an aromatic ring is 1. The van der Waals surface area contributed by atoms with Gasteiger partial charge in [-0.2, -0.15) is 0 Å². The lowest BCUT2D eigenvalue weighted by Gasteiger charge is -2.29. The van der Waals surface area contributed by atoms with Gasteiger partial charge in [-0.3, -0.25) is 4.98 Å². The summed E-state index contributed by atoms with van der Waals surface area (Å²) >= 11 is 0. The van der Waals surface area contributed by atoms with Gasteiger partial charge in [0.1, 0.15) is 0 Å². The summed E-state index contributed by atoms with van der Waals surface area (Å²) in [7, 11) is 2.21. The molecule has 0 unspecified atom stereocenters. The van der Waals surface area contributed by atoms with Crippen LogP contribution in [0.5, 0.6) is 0 Å². The van der Waals surface area contributed by atoms with E-state index in [1.807, 2.05) is 18.3 Å². The van der Waals surface area contributed by atoms with Crippen LogP contribution in [-0.2, 0) is 0 Å². The Hall–Kier alpha value is -1.81. The maximum atomic E-state index is 6.02. The number of aromatic nitrogens is 1. The molecule has 4 heteroatoms. The summed E-state index contributed by atoms with van der Waals surface area (Å²) in [6.45, 7) is 3.49. The van der Waals surface area contributed by atoms with E-state index in [9.17, 15) is 0 Å². The Morgan fingerprint density at radius 1 is 1.24 bits per heavy atom. The number of likely N-dealkylation sites (tertiary alicyclic amines) is 1. The third-order valence-electron chi connectivity index (χ3n) is 4.56. The molecule has 0 saturated carbocycles. The average Bonchev–Trinajstić information content (AvgIpc) is 2.52. The van der Waals surface area contributed by atoms with Crippen LogP contribution in [0.4, 0.5) is 11.4 Å². The quantitative estimate of drug-likeness (QED) is 0.848. The second-order valence-corrected chi connectivity index (χ2v) is 6.09. The number of fused-ring (bicyclic) bond motifs is 1. The van der Waals surface area contributed by atoms with E-state index in [0.717, 1.165) is 34.6 Å². The Balaban J connectivity index is 1.62. The van der Waals surface area contributed by atoms with Crippen molar-refractivity contribution in [1.29, 1.82) is 0 Å². The molecule has 2 aromatic rings. The first kappa shape index (κ1) is 14.1. The highest BCUT2D eigenvalue weighted by molar-refractivity contribution is 6.00. The number of piperidine rings is 1. The fourth-order valence-electron chi connectivity index (χ4n) is 3.13. The highest BCUT2D eigenvalue weighted by Crippen LogP contribution is 2.28. The maximum Gasteiger partial charge on any atom is 0.0437 e. The van der Waals surface area contributed by atoms with E-state index in [1.165, 1.54) is 32.4 Å². The summed E-state index contributed by atoms with van der Waals surface area (Å²) in [6, 6.07) is 6.01. The summed E-state index contributed by atoms with van der Waals surface area (Å²) in [5.74, 6) is 0.854. The molecular formula is C17H24N4. The van der Waals surface area contributed by atoms with E-state index in [0.29, 0.717) is 0 Å². The molecule has 0 bridgehead atoms. The van der Waals surface area contributed by atoms with E-state index >= 15 is 0 Å². The zero-order chi connectivity index (χ0) is 14.7. The van der Waals surface area contributed by atoms with Crippen LogP contribution >= 0.6 is 0 Å². The van der Waals surface area contributed by atoms with Crippen molar-refractivity contribution in [3.63, 3.8) is 0 Å². The SMILES string of the molecule is CN1CCC(CCNc2ccc(N)c3ccncc23)CC1. The van der Waals surface area contributed by atoms with Gasteiger partial charge in [-0.05, 0) is 63.5 Å². The average molecular weight is 284 g/mol. The van der Waals surface area contributed by atoms with E-state index in [1.54, 1.807) is 6.20 Å². The number of pyridine rings is 1. The smallest absolute Gasteiger partial charge is 0.0437 e. The van der Waals surface area contributed by atoms with Crippen LogP contribution in [0.2, 0.25) is 0 Å². The normalized spacial score (nSPS) is 17.2. The van der Waals surface area contributed by atoms with Crippen LogP contribution in [0.3, 0.4) is 0 Å². The van der Waals surface area contributed by atoms with Crippen LogP contribution in [0.25, 0.3) is 10.8 Å². The van der Waals surface area contributed by atoms with Gasteiger partial charge in [-0.25, -0.2) is 0 Å². The molecule has 1 saturated heterocycles. The van der Waals surface area contributed by atoms with Crippen molar-refractivity contribution in [2.75, 3.05) is 37.7 Å². The van der Waals surface area contributed by atoms with Crippen molar-refractivity contribution in [2.24, 2.45) is 5.92 Å². The molecule has 0 spiro atoms. The van der Waals surface area contributed by atoms with Crippen LogP contribution in [0.15, 0.2) is 30.6 Å². The summed E-state index contributed by atoms with van der Waals surface area (Å²) in [5, 5.41) is 5.75. The third-order valence-corrected chi connectivity index (χ3v) is 4.56. The number of hydrogen-bond acceptors (Lipinski definition) is 4. The van der Waals surface area contributed by atoms with Crippen molar-refractivity contribution in [3.05, 3.63) is 30.6 Å². The predicted octanol–water partition coefficient (Wildman–Crippen LogP) is 2.96. The van der Waals surface area contributed by atoms with E-state index in [2.05, 4.69) is 28.3 Å². The lowest BCUT2D eigenvalue weighted by molar-refractivity contribution is 0.215. The molecule has 4 nitrogen and oxygen atoms in total. The first-order valence-electron chi connectivity index (χ1n) is 7.78. The van der Waals surface area contributed by atoms with Gasteiger partial charge >= 0.3 is 0 Å². The van der Waals surface area contributed by atoms with Gasteiger partial charge in [0.2, 0.25) is 0 Å². The first-order chi connectivity index (χ1) is 10.2. The van der Waals surface area contributed by atoms with Crippen molar-refractivity contribution >= 4 is 22.1 Å². The standard InChI is InChI=1S/C17H24N4/c1-21-10-6-13(7-11-21)4-9-20-17-3-2-16(18)14-5-8-19-12-15(14)17/h2-3,5,8,12-13,20H,4,6-7,9-11,18H2,1H3. The number of anilines is 2. The summed E-state index contributed by atoms with van der Waals surface area (Å²) in [4.78, 5) is 6.64. The van der Waals surface area contributed by atoms with Crippen molar-refractivity contribution < 1.29 is 0 Å². The monoisotopic (exact) mass is 284 g/mol. The second kappa shape index (κ2) is 6.31. The summed E-state index contributed by atoms with van der Waals surface area (Å²) < 4.78 is 0.